The fourth-order valence-corrected chi connectivity index (χ4v) is 2.77. The zero-order valence-electron chi connectivity index (χ0n) is 13.7. The molecule has 0 bridgehead atoms. The van der Waals surface area contributed by atoms with E-state index in [9.17, 15) is 23.1 Å². The number of aliphatic hydroxyl groups is 1. The second-order valence-electron chi connectivity index (χ2n) is 6.05. The second-order valence-corrected chi connectivity index (χ2v) is 6.05. The quantitative estimate of drug-likeness (QED) is 0.779. The number of halogens is 3. The van der Waals surface area contributed by atoms with Gasteiger partial charge in [0.2, 0.25) is 0 Å². The van der Waals surface area contributed by atoms with Crippen LogP contribution in [-0.2, 0) is 25.6 Å². The van der Waals surface area contributed by atoms with Crippen LogP contribution in [0.1, 0.15) is 28.8 Å². The highest BCUT2D eigenvalue weighted by Crippen LogP contribution is 2.29. The van der Waals surface area contributed by atoms with Crippen LogP contribution >= 0.6 is 0 Å². The van der Waals surface area contributed by atoms with E-state index in [0.717, 1.165) is 17.8 Å². The van der Waals surface area contributed by atoms with Crippen molar-refractivity contribution in [3.05, 3.63) is 53.0 Å². The zero-order chi connectivity index (χ0) is 18.7. The van der Waals surface area contributed by atoms with Crippen LogP contribution in [0.25, 0.3) is 0 Å². The number of aryl methyl sites for hydroxylation is 1. The molecule has 3 rings (SSSR count). The Kier molecular flexibility index (Phi) is 5.08. The van der Waals surface area contributed by atoms with E-state index in [-0.39, 0.29) is 6.54 Å². The number of benzene rings is 1. The maximum atomic E-state index is 12.5. The van der Waals surface area contributed by atoms with E-state index in [2.05, 4.69) is 20.6 Å². The van der Waals surface area contributed by atoms with E-state index in [1.54, 1.807) is 0 Å². The first-order valence-corrected chi connectivity index (χ1v) is 8.04. The number of hydrogen-bond acceptors (Lipinski definition) is 4. The average molecular weight is 366 g/mol. The zero-order valence-corrected chi connectivity index (χ0v) is 13.7. The second kappa shape index (κ2) is 7.28. The Bertz CT molecular complexity index is 794. The number of amides is 2. The summed E-state index contributed by atoms with van der Waals surface area (Å²) in [6, 6.07) is 4.03. The van der Waals surface area contributed by atoms with Gasteiger partial charge in [-0.1, -0.05) is 12.1 Å². The van der Waals surface area contributed by atoms with Crippen molar-refractivity contribution < 1.29 is 23.1 Å². The van der Waals surface area contributed by atoms with Crippen LogP contribution in [0.2, 0.25) is 0 Å². The maximum absolute atomic E-state index is 12.5. The number of urea groups is 1. The Morgan fingerprint density at radius 1 is 1.23 bits per heavy atom. The van der Waals surface area contributed by atoms with Crippen molar-refractivity contribution in [2.45, 2.75) is 38.1 Å². The molecule has 1 heterocycles. The predicted octanol–water partition coefficient (Wildman–Crippen LogP) is 2.67. The predicted molar refractivity (Wildman–Crippen MR) is 87.4 cm³/mol. The molecule has 0 spiro atoms. The molecule has 1 unspecified atom stereocenters. The van der Waals surface area contributed by atoms with E-state index >= 15 is 0 Å². The van der Waals surface area contributed by atoms with Gasteiger partial charge in [0.25, 0.3) is 0 Å². The molecule has 0 aliphatic heterocycles. The third-order valence-corrected chi connectivity index (χ3v) is 4.15. The summed E-state index contributed by atoms with van der Waals surface area (Å²) >= 11 is 0. The molecule has 0 saturated carbocycles. The minimum atomic E-state index is -4.39. The van der Waals surface area contributed by atoms with Crippen molar-refractivity contribution in [3.8, 4) is 0 Å². The standard InChI is InChI=1S/C17H17F3N4O2/c18-17(19,20)11-3-1-10(2-4-11)8-21-16(26)24-15-13-7-12(25)5-6-14(13)22-9-23-15/h1-4,9,12,25H,5-8H2,(H2,21,22,23,24,26). The molecule has 3 N–H and O–H groups in total. The third-order valence-electron chi connectivity index (χ3n) is 4.15. The molecule has 1 aromatic heterocycles. The number of carbonyl (C=O) groups is 1. The number of nitrogens with zero attached hydrogens (tertiary/aromatic N) is 2. The van der Waals surface area contributed by atoms with E-state index in [0.29, 0.717) is 36.2 Å². The summed E-state index contributed by atoms with van der Waals surface area (Å²) in [7, 11) is 0. The molecule has 1 aliphatic rings. The summed E-state index contributed by atoms with van der Waals surface area (Å²) in [4.78, 5) is 20.3. The summed E-state index contributed by atoms with van der Waals surface area (Å²) in [5, 5.41) is 15.0. The van der Waals surface area contributed by atoms with Gasteiger partial charge in [-0.15, -0.1) is 0 Å². The van der Waals surface area contributed by atoms with Crippen LogP contribution in [0, 0.1) is 0 Å². The molecule has 138 valence electrons. The number of carbonyl (C=O) groups excluding carboxylic acids is 1. The lowest BCUT2D eigenvalue weighted by Crippen LogP contribution is -2.30. The van der Waals surface area contributed by atoms with Gasteiger partial charge < -0.3 is 10.4 Å². The Labute approximate surface area is 147 Å². The number of fused-ring (bicyclic) bond motifs is 1. The number of anilines is 1. The van der Waals surface area contributed by atoms with Gasteiger partial charge in [0.15, 0.2) is 0 Å². The number of rotatable bonds is 3. The monoisotopic (exact) mass is 366 g/mol. The highest BCUT2D eigenvalue weighted by atomic mass is 19.4. The molecular weight excluding hydrogens is 349 g/mol. The minimum Gasteiger partial charge on any atom is -0.393 e. The lowest BCUT2D eigenvalue weighted by Gasteiger charge is -2.21. The van der Waals surface area contributed by atoms with Gasteiger partial charge in [-0.2, -0.15) is 13.2 Å². The number of hydrogen-bond donors (Lipinski definition) is 3. The fourth-order valence-electron chi connectivity index (χ4n) is 2.77. The SMILES string of the molecule is O=C(NCc1ccc(C(F)(F)F)cc1)Nc1ncnc2c1CC(O)CC2. The smallest absolute Gasteiger partial charge is 0.393 e. The van der Waals surface area contributed by atoms with E-state index in [1.807, 2.05) is 0 Å². The first-order valence-electron chi connectivity index (χ1n) is 8.04. The molecule has 2 amide bonds. The maximum Gasteiger partial charge on any atom is 0.416 e. The Hall–Kier alpha value is -2.68. The number of nitrogens with one attached hydrogen (secondary N) is 2. The summed E-state index contributed by atoms with van der Waals surface area (Å²) in [5.74, 6) is 0.332. The lowest BCUT2D eigenvalue weighted by atomic mass is 9.94. The summed E-state index contributed by atoms with van der Waals surface area (Å²) in [6.45, 7) is 0.0693. The topological polar surface area (TPSA) is 87.1 Å². The molecule has 0 radical (unpaired) electrons. The Balaban J connectivity index is 1.60. The number of aliphatic hydroxyl groups excluding tert-OH is 1. The van der Waals surface area contributed by atoms with Crippen molar-refractivity contribution in [3.63, 3.8) is 0 Å². The van der Waals surface area contributed by atoms with Crippen molar-refractivity contribution in [2.75, 3.05) is 5.32 Å². The van der Waals surface area contributed by atoms with Gasteiger partial charge >= 0.3 is 12.2 Å². The van der Waals surface area contributed by atoms with Crippen molar-refractivity contribution >= 4 is 11.8 Å². The van der Waals surface area contributed by atoms with Crippen LogP contribution in [0.4, 0.5) is 23.8 Å². The summed E-state index contributed by atoms with van der Waals surface area (Å²) in [6.07, 6.45) is -1.94. The van der Waals surface area contributed by atoms with Gasteiger partial charge in [-0.05, 0) is 30.5 Å². The normalized spacial score (nSPS) is 16.7. The van der Waals surface area contributed by atoms with Gasteiger partial charge in [-0.25, -0.2) is 14.8 Å². The summed E-state index contributed by atoms with van der Waals surface area (Å²) in [5.41, 5.74) is 1.30. The third kappa shape index (κ3) is 4.29. The van der Waals surface area contributed by atoms with Gasteiger partial charge in [-0.3, -0.25) is 5.32 Å². The molecule has 0 fully saturated rings. The minimum absolute atomic E-state index is 0.0693. The molecule has 2 aromatic rings. The van der Waals surface area contributed by atoms with Gasteiger partial charge in [0.05, 0.1) is 11.7 Å². The van der Waals surface area contributed by atoms with Crippen LogP contribution in [-0.4, -0.2) is 27.2 Å². The lowest BCUT2D eigenvalue weighted by molar-refractivity contribution is -0.137. The van der Waals surface area contributed by atoms with E-state index in [1.165, 1.54) is 18.5 Å². The van der Waals surface area contributed by atoms with Crippen LogP contribution in [0.3, 0.4) is 0 Å². The molecule has 9 heteroatoms. The molecule has 6 nitrogen and oxygen atoms in total. The Morgan fingerprint density at radius 3 is 2.65 bits per heavy atom. The summed E-state index contributed by atoms with van der Waals surface area (Å²) < 4.78 is 37.6. The van der Waals surface area contributed by atoms with Crippen molar-refractivity contribution in [2.24, 2.45) is 0 Å². The van der Waals surface area contributed by atoms with E-state index < -0.39 is 23.9 Å². The van der Waals surface area contributed by atoms with Crippen LogP contribution < -0.4 is 10.6 Å². The molecule has 26 heavy (non-hydrogen) atoms. The molecular formula is C17H17F3N4O2. The molecule has 1 atom stereocenters. The Morgan fingerprint density at radius 2 is 1.96 bits per heavy atom. The van der Waals surface area contributed by atoms with Crippen molar-refractivity contribution in [1.82, 2.24) is 15.3 Å². The first-order chi connectivity index (χ1) is 12.3. The average Bonchev–Trinajstić information content (AvgIpc) is 2.60. The fraction of sp³-hybridized carbons (Fsp3) is 0.353. The first kappa shape index (κ1) is 18.1. The number of alkyl halides is 3. The highest BCUT2D eigenvalue weighted by Gasteiger charge is 2.29. The highest BCUT2D eigenvalue weighted by molar-refractivity contribution is 5.89. The van der Waals surface area contributed by atoms with Crippen molar-refractivity contribution in [1.29, 1.82) is 0 Å². The molecule has 1 aliphatic carbocycles. The van der Waals surface area contributed by atoms with Crippen LogP contribution in [0.5, 0.6) is 0 Å². The largest absolute Gasteiger partial charge is 0.416 e. The van der Waals surface area contributed by atoms with Gasteiger partial charge in [0, 0.05) is 24.2 Å². The molecule has 0 saturated heterocycles. The number of aromatic nitrogens is 2. The molecule has 1 aromatic carbocycles. The van der Waals surface area contributed by atoms with Gasteiger partial charge in [0.1, 0.15) is 12.1 Å². The van der Waals surface area contributed by atoms with E-state index in [4.69, 9.17) is 0 Å². The van der Waals surface area contributed by atoms with Crippen LogP contribution in [0.15, 0.2) is 30.6 Å².